The summed E-state index contributed by atoms with van der Waals surface area (Å²) < 4.78 is 6.90. The van der Waals surface area contributed by atoms with E-state index in [0.29, 0.717) is 23.9 Å². The summed E-state index contributed by atoms with van der Waals surface area (Å²) in [7, 11) is 5.55. The van der Waals surface area contributed by atoms with E-state index in [2.05, 4.69) is 10.4 Å². The molecule has 7 heteroatoms. The number of carbonyl (C=O) groups is 1. The van der Waals surface area contributed by atoms with Crippen molar-refractivity contribution >= 4 is 16.7 Å². The number of methoxy groups -OCH3 is 1. The van der Waals surface area contributed by atoms with Gasteiger partial charge < -0.3 is 15.0 Å². The SMILES string of the molecule is COc1ccccc1[C@@H](CNC(=O)c1nn(CC(C)C)c(=O)c2ccccc12)N(C)C. The largest absolute Gasteiger partial charge is 0.496 e. The zero-order chi connectivity index (χ0) is 22.5. The predicted molar refractivity (Wildman–Crippen MR) is 123 cm³/mol. The number of hydrogen-bond donors (Lipinski definition) is 1. The van der Waals surface area contributed by atoms with Crippen LogP contribution in [0.15, 0.2) is 53.3 Å². The predicted octanol–water partition coefficient (Wildman–Crippen LogP) is 3.09. The Hall–Kier alpha value is -3.19. The molecule has 1 N–H and O–H groups in total. The first kappa shape index (κ1) is 22.5. The molecule has 3 rings (SSSR count). The number of likely N-dealkylation sites (N-methyl/N-ethyl adjacent to an activating group) is 1. The third-order valence-corrected chi connectivity index (χ3v) is 5.20. The van der Waals surface area contributed by atoms with Crippen molar-refractivity contribution in [2.75, 3.05) is 27.7 Å². The molecule has 0 saturated heterocycles. The second-order valence-corrected chi connectivity index (χ2v) is 8.21. The number of rotatable bonds is 8. The Morgan fingerprint density at radius 3 is 2.39 bits per heavy atom. The van der Waals surface area contributed by atoms with Gasteiger partial charge in [-0.1, -0.05) is 50.2 Å². The Kier molecular flexibility index (Phi) is 7.07. The standard InChI is InChI=1S/C24H30N4O3/c1-16(2)15-28-24(30)18-11-7-6-10-17(18)22(26-28)23(29)25-14-20(27(3)4)19-12-8-9-13-21(19)31-5/h6-13,16,20H,14-15H2,1-5H3,(H,25,29)/t20-/m1/s1. The fraction of sp³-hybridized carbons (Fsp3) is 0.375. The summed E-state index contributed by atoms with van der Waals surface area (Å²) in [4.78, 5) is 28.0. The molecule has 1 amide bonds. The van der Waals surface area contributed by atoms with Gasteiger partial charge in [-0.25, -0.2) is 4.68 Å². The number of aromatic nitrogens is 2. The molecule has 0 fully saturated rings. The molecule has 0 radical (unpaired) electrons. The number of para-hydroxylation sites is 1. The first-order chi connectivity index (χ1) is 14.8. The van der Waals surface area contributed by atoms with Crippen LogP contribution in [0.5, 0.6) is 5.75 Å². The highest BCUT2D eigenvalue weighted by Gasteiger charge is 2.22. The number of nitrogens with zero attached hydrogens (tertiary/aromatic N) is 3. The highest BCUT2D eigenvalue weighted by atomic mass is 16.5. The van der Waals surface area contributed by atoms with E-state index in [9.17, 15) is 9.59 Å². The number of benzene rings is 2. The van der Waals surface area contributed by atoms with Gasteiger partial charge in [-0.05, 0) is 32.1 Å². The molecule has 1 atom stereocenters. The Morgan fingerprint density at radius 2 is 1.74 bits per heavy atom. The average Bonchev–Trinajstić information content (AvgIpc) is 2.75. The van der Waals surface area contributed by atoms with Crippen LogP contribution in [0.1, 0.15) is 35.9 Å². The van der Waals surface area contributed by atoms with Crippen LogP contribution >= 0.6 is 0 Å². The number of hydrogen-bond acceptors (Lipinski definition) is 5. The fourth-order valence-electron chi connectivity index (χ4n) is 3.66. The normalized spacial score (nSPS) is 12.4. The second kappa shape index (κ2) is 9.75. The fourth-order valence-corrected chi connectivity index (χ4v) is 3.66. The van der Waals surface area contributed by atoms with Crippen LogP contribution < -0.4 is 15.6 Å². The third kappa shape index (κ3) is 4.94. The topological polar surface area (TPSA) is 76.5 Å². The number of carbonyl (C=O) groups excluding carboxylic acids is 1. The number of amides is 1. The summed E-state index contributed by atoms with van der Waals surface area (Å²) in [6, 6.07) is 14.8. The van der Waals surface area contributed by atoms with Crippen LogP contribution in [0, 0.1) is 5.92 Å². The molecule has 0 aliphatic rings. The second-order valence-electron chi connectivity index (χ2n) is 8.21. The lowest BCUT2D eigenvalue weighted by Gasteiger charge is -2.26. The van der Waals surface area contributed by atoms with Gasteiger partial charge in [0, 0.05) is 24.0 Å². The molecule has 0 aliphatic heterocycles. The van der Waals surface area contributed by atoms with E-state index < -0.39 is 0 Å². The molecule has 1 aromatic heterocycles. The highest BCUT2D eigenvalue weighted by Crippen LogP contribution is 2.27. The van der Waals surface area contributed by atoms with Gasteiger partial charge in [-0.3, -0.25) is 9.59 Å². The van der Waals surface area contributed by atoms with Gasteiger partial charge in [-0.2, -0.15) is 5.10 Å². The Morgan fingerprint density at radius 1 is 1.10 bits per heavy atom. The lowest BCUT2D eigenvalue weighted by Crippen LogP contribution is -2.36. The average molecular weight is 423 g/mol. The van der Waals surface area contributed by atoms with E-state index in [1.54, 1.807) is 25.3 Å². The number of fused-ring (bicyclic) bond motifs is 1. The molecule has 3 aromatic rings. The third-order valence-electron chi connectivity index (χ3n) is 5.20. The van der Waals surface area contributed by atoms with Crippen molar-refractivity contribution in [2.24, 2.45) is 5.92 Å². The highest BCUT2D eigenvalue weighted by molar-refractivity contribution is 6.04. The summed E-state index contributed by atoms with van der Waals surface area (Å²) in [5.41, 5.74) is 1.06. The summed E-state index contributed by atoms with van der Waals surface area (Å²) in [6.45, 7) is 4.84. The molecule has 2 aromatic carbocycles. The van der Waals surface area contributed by atoms with E-state index in [1.807, 2.05) is 63.2 Å². The summed E-state index contributed by atoms with van der Waals surface area (Å²) in [5, 5.41) is 8.49. The molecule has 31 heavy (non-hydrogen) atoms. The monoisotopic (exact) mass is 422 g/mol. The van der Waals surface area contributed by atoms with Crippen molar-refractivity contribution in [1.29, 1.82) is 0 Å². The minimum Gasteiger partial charge on any atom is -0.496 e. The van der Waals surface area contributed by atoms with Crippen molar-refractivity contribution in [1.82, 2.24) is 20.0 Å². The Bertz CT molecular complexity index is 1120. The van der Waals surface area contributed by atoms with Crippen molar-refractivity contribution in [3.8, 4) is 5.75 Å². The number of nitrogens with one attached hydrogen (secondary N) is 1. The minimum atomic E-state index is -0.310. The van der Waals surface area contributed by atoms with E-state index in [-0.39, 0.29) is 29.1 Å². The first-order valence-electron chi connectivity index (χ1n) is 10.4. The van der Waals surface area contributed by atoms with Crippen molar-refractivity contribution in [3.63, 3.8) is 0 Å². The molecule has 0 aliphatic carbocycles. The molecule has 0 saturated carbocycles. The molecule has 7 nitrogen and oxygen atoms in total. The van der Waals surface area contributed by atoms with E-state index >= 15 is 0 Å². The van der Waals surface area contributed by atoms with Crippen molar-refractivity contribution in [3.05, 3.63) is 70.1 Å². The zero-order valence-corrected chi connectivity index (χ0v) is 18.8. The molecule has 0 unspecified atom stereocenters. The maximum Gasteiger partial charge on any atom is 0.274 e. The molecule has 164 valence electrons. The van der Waals surface area contributed by atoms with Crippen molar-refractivity contribution in [2.45, 2.75) is 26.4 Å². The summed E-state index contributed by atoms with van der Waals surface area (Å²) in [6.07, 6.45) is 0. The molecule has 1 heterocycles. The zero-order valence-electron chi connectivity index (χ0n) is 18.8. The van der Waals surface area contributed by atoms with Crippen LogP contribution in [0.25, 0.3) is 10.8 Å². The maximum atomic E-state index is 13.2. The lowest BCUT2D eigenvalue weighted by atomic mass is 10.0. The Balaban J connectivity index is 1.94. The van der Waals surface area contributed by atoms with Gasteiger partial charge in [0.1, 0.15) is 5.75 Å². The summed E-state index contributed by atoms with van der Waals surface area (Å²) >= 11 is 0. The number of ether oxygens (including phenoxy) is 1. The van der Waals surface area contributed by atoms with Crippen LogP contribution in [0.4, 0.5) is 0 Å². The van der Waals surface area contributed by atoms with Gasteiger partial charge in [0.05, 0.1) is 18.5 Å². The molecule has 0 bridgehead atoms. The quantitative estimate of drug-likeness (QED) is 0.604. The smallest absolute Gasteiger partial charge is 0.274 e. The van der Waals surface area contributed by atoms with Gasteiger partial charge in [-0.15, -0.1) is 0 Å². The molecule has 0 spiro atoms. The van der Waals surface area contributed by atoms with Gasteiger partial charge in [0.15, 0.2) is 5.69 Å². The van der Waals surface area contributed by atoms with E-state index in [1.165, 1.54) is 4.68 Å². The molecular weight excluding hydrogens is 392 g/mol. The summed E-state index contributed by atoms with van der Waals surface area (Å²) in [5.74, 6) is 0.686. The van der Waals surface area contributed by atoms with Gasteiger partial charge >= 0.3 is 0 Å². The van der Waals surface area contributed by atoms with Crippen molar-refractivity contribution < 1.29 is 9.53 Å². The van der Waals surface area contributed by atoms with E-state index in [0.717, 1.165) is 11.3 Å². The lowest BCUT2D eigenvalue weighted by molar-refractivity contribution is 0.0935. The Labute approximate surface area is 182 Å². The van der Waals surface area contributed by atoms with Crippen LogP contribution in [-0.4, -0.2) is 48.3 Å². The van der Waals surface area contributed by atoms with Gasteiger partial charge in [0.2, 0.25) is 0 Å². The first-order valence-corrected chi connectivity index (χ1v) is 10.4. The van der Waals surface area contributed by atoms with Crippen LogP contribution in [0.2, 0.25) is 0 Å². The molecular formula is C24H30N4O3. The maximum absolute atomic E-state index is 13.2. The van der Waals surface area contributed by atoms with E-state index in [4.69, 9.17) is 4.74 Å². The van der Waals surface area contributed by atoms with Crippen LogP contribution in [-0.2, 0) is 6.54 Å². The van der Waals surface area contributed by atoms with Crippen LogP contribution in [0.3, 0.4) is 0 Å². The van der Waals surface area contributed by atoms with Gasteiger partial charge in [0.25, 0.3) is 11.5 Å². The minimum absolute atomic E-state index is 0.0899.